The van der Waals surface area contributed by atoms with Gasteiger partial charge in [0.15, 0.2) is 5.78 Å². The van der Waals surface area contributed by atoms with E-state index in [1.165, 1.54) is 12.1 Å². The van der Waals surface area contributed by atoms with Crippen LogP contribution in [0.2, 0.25) is 0 Å². The first-order valence-corrected chi connectivity index (χ1v) is 8.04. The number of carbonyl (C=O) groups is 2. The molecule has 0 aliphatic heterocycles. The van der Waals surface area contributed by atoms with E-state index >= 15 is 0 Å². The Balaban J connectivity index is 1.79. The SMILES string of the molecule is CNc1cc(F)cc2c1CC(=O)C(CCc1ccc(C(=O)O)cc1)=C2. The van der Waals surface area contributed by atoms with E-state index in [2.05, 4.69) is 5.32 Å². The number of carbonyl (C=O) groups excluding carboxylic acids is 1. The van der Waals surface area contributed by atoms with Crippen molar-refractivity contribution in [2.45, 2.75) is 19.3 Å². The first-order valence-electron chi connectivity index (χ1n) is 8.04. The second kappa shape index (κ2) is 6.89. The molecule has 0 fully saturated rings. The average molecular weight is 339 g/mol. The number of halogens is 1. The van der Waals surface area contributed by atoms with Gasteiger partial charge in [0.05, 0.1) is 5.56 Å². The zero-order valence-electron chi connectivity index (χ0n) is 13.8. The van der Waals surface area contributed by atoms with Crippen LogP contribution in [0.5, 0.6) is 0 Å². The Hall–Kier alpha value is -2.95. The number of aromatic carboxylic acids is 1. The molecule has 0 atom stereocenters. The van der Waals surface area contributed by atoms with Crippen LogP contribution in [0.3, 0.4) is 0 Å². The number of benzene rings is 2. The molecule has 0 aromatic heterocycles. The number of allylic oxidation sites excluding steroid dienone is 1. The molecular formula is C20H18FNO3. The summed E-state index contributed by atoms with van der Waals surface area (Å²) in [5.74, 6) is -1.26. The van der Waals surface area contributed by atoms with E-state index in [-0.39, 0.29) is 23.6 Å². The molecule has 2 N–H and O–H groups in total. The summed E-state index contributed by atoms with van der Waals surface area (Å²) in [5, 5.41) is 11.8. The summed E-state index contributed by atoms with van der Waals surface area (Å²) in [6, 6.07) is 9.46. The summed E-state index contributed by atoms with van der Waals surface area (Å²) in [6.07, 6.45) is 3.18. The molecule has 0 spiro atoms. The number of Topliss-reactive ketones (excluding diaryl/α,β-unsaturated/α-hetero) is 1. The fourth-order valence-electron chi connectivity index (χ4n) is 3.05. The van der Waals surface area contributed by atoms with Gasteiger partial charge in [-0.1, -0.05) is 12.1 Å². The second-order valence-corrected chi connectivity index (χ2v) is 6.04. The van der Waals surface area contributed by atoms with Crippen LogP contribution in [0.1, 0.15) is 33.5 Å². The smallest absolute Gasteiger partial charge is 0.335 e. The lowest BCUT2D eigenvalue weighted by Gasteiger charge is -2.19. The molecule has 0 radical (unpaired) electrons. The number of ketones is 1. The predicted octanol–water partition coefficient (Wildman–Crippen LogP) is 3.71. The normalized spacial score (nSPS) is 13.2. The van der Waals surface area contributed by atoms with E-state index in [9.17, 15) is 14.0 Å². The Bertz CT molecular complexity index is 869. The van der Waals surface area contributed by atoms with Crippen molar-refractivity contribution in [2.75, 3.05) is 12.4 Å². The van der Waals surface area contributed by atoms with E-state index < -0.39 is 5.97 Å². The van der Waals surface area contributed by atoms with Crippen molar-refractivity contribution in [3.63, 3.8) is 0 Å². The van der Waals surface area contributed by atoms with Crippen molar-refractivity contribution < 1.29 is 19.1 Å². The Morgan fingerprint density at radius 3 is 2.56 bits per heavy atom. The van der Waals surface area contributed by atoms with E-state index in [1.807, 2.05) is 0 Å². The molecule has 0 bridgehead atoms. The minimum atomic E-state index is -0.962. The maximum atomic E-state index is 13.7. The fraction of sp³-hybridized carbons (Fsp3) is 0.200. The molecule has 0 unspecified atom stereocenters. The van der Waals surface area contributed by atoms with E-state index in [0.717, 1.165) is 16.7 Å². The first-order chi connectivity index (χ1) is 12.0. The largest absolute Gasteiger partial charge is 0.478 e. The first kappa shape index (κ1) is 16.9. The Kier molecular flexibility index (Phi) is 4.65. The van der Waals surface area contributed by atoms with Gasteiger partial charge in [-0.2, -0.15) is 0 Å². The van der Waals surface area contributed by atoms with Gasteiger partial charge in [0.25, 0.3) is 0 Å². The molecule has 128 valence electrons. The van der Waals surface area contributed by atoms with Crippen molar-refractivity contribution in [1.29, 1.82) is 0 Å². The van der Waals surface area contributed by atoms with Crippen LogP contribution < -0.4 is 5.32 Å². The zero-order valence-corrected chi connectivity index (χ0v) is 13.8. The molecule has 0 amide bonds. The fourth-order valence-corrected chi connectivity index (χ4v) is 3.05. The molecule has 25 heavy (non-hydrogen) atoms. The third kappa shape index (κ3) is 3.60. The van der Waals surface area contributed by atoms with Crippen LogP contribution in [0.4, 0.5) is 10.1 Å². The van der Waals surface area contributed by atoms with Gasteiger partial charge in [-0.05, 0) is 65.4 Å². The third-order valence-corrected chi connectivity index (χ3v) is 4.43. The van der Waals surface area contributed by atoms with Gasteiger partial charge in [-0.25, -0.2) is 9.18 Å². The highest BCUT2D eigenvalue weighted by Gasteiger charge is 2.21. The quantitative estimate of drug-likeness (QED) is 0.871. The van der Waals surface area contributed by atoms with Crippen molar-refractivity contribution in [3.05, 3.63) is 70.0 Å². The lowest BCUT2D eigenvalue weighted by molar-refractivity contribution is -0.115. The lowest BCUT2D eigenvalue weighted by Crippen LogP contribution is -2.15. The number of hydrogen-bond acceptors (Lipinski definition) is 3. The number of fused-ring (bicyclic) bond motifs is 1. The van der Waals surface area contributed by atoms with Crippen molar-refractivity contribution in [3.8, 4) is 0 Å². The molecule has 2 aromatic carbocycles. The number of anilines is 1. The summed E-state index contributed by atoms with van der Waals surface area (Å²) in [7, 11) is 1.71. The molecule has 2 aromatic rings. The molecule has 1 aliphatic rings. The van der Waals surface area contributed by atoms with Gasteiger partial charge in [0.1, 0.15) is 5.82 Å². The van der Waals surface area contributed by atoms with Crippen molar-refractivity contribution >= 4 is 23.5 Å². The van der Waals surface area contributed by atoms with Crippen LogP contribution in [0.25, 0.3) is 6.08 Å². The van der Waals surface area contributed by atoms with Gasteiger partial charge in [0, 0.05) is 19.2 Å². The molecule has 0 heterocycles. The summed E-state index contributed by atoms with van der Waals surface area (Å²) >= 11 is 0. The highest BCUT2D eigenvalue weighted by atomic mass is 19.1. The van der Waals surface area contributed by atoms with Crippen molar-refractivity contribution in [2.24, 2.45) is 0 Å². The van der Waals surface area contributed by atoms with Crippen LogP contribution in [-0.2, 0) is 17.6 Å². The Morgan fingerprint density at radius 1 is 1.20 bits per heavy atom. The predicted molar refractivity (Wildman–Crippen MR) is 94.4 cm³/mol. The summed E-state index contributed by atoms with van der Waals surface area (Å²) in [6.45, 7) is 0. The molecular weight excluding hydrogens is 321 g/mol. The number of carboxylic acids is 1. The maximum Gasteiger partial charge on any atom is 0.335 e. The van der Waals surface area contributed by atoms with Crippen LogP contribution in [-0.4, -0.2) is 23.9 Å². The highest BCUT2D eigenvalue weighted by molar-refractivity contribution is 6.04. The van der Waals surface area contributed by atoms with Crippen LogP contribution in [0.15, 0.2) is 42.0 Å². The second-order valence-electron chi connectivity index (χ2n) is 6.04. The zero-order chi connectivity index (χ0) is 18.0. The van der Waals surface area contributed by atoms with E-state index in [1.54, 1.807) is 37.4 Å². The number of carboxylic acid groups (broad SMARTS) is 1. The molecule has 4 nitrogen and oxygen atoms in total. The minimum absolute atomic E-state index is 0.0396. The molecule has 0 saturated carbocycles. The van der Waals surface area contributed by atoms with Crippen LogP contribution in [0, 0.1) is 5.82 Å². The van der Waals surface area contributed by atoms with Gasteiger partial charge >= 0.3 is 5.97 Å². The number of hydrogen-bond donors (Lipinski definition) is 2. The Morgan fingerprint density at radius 2 is 1.92 bits per heavy atom. The molecule has 5 heteroatoms. The van der Waals surface area contributed by atoms with E-state index in [0.29, 0.717) is 24.1 Å². The minimum Gasteiger partial charge on any atom is -0.478 e. The number of nitrogens with one attached hydrogen (secondary N) is 1. The number of aryl methyl sites for hydroxylation is 1. The van der Waals surface area contributed by atoms with Gasteiger partial charge < -0.3 is 10.4 Å². The van der Waals surface area contributed by atoms with E-state index in [4.69, 9.17) is 5.11 Å². The van der Waals surface area contributed by atoms with Crippen molar-refractivity contribution in [1.82, 2.24) is 0 Å². The summed E-state index contributed by atoms with van der Waals surface area (Å²) in [5.41, 5.74) is 4.06. The molecule has 1 aliphatic carbocycles. The summed E-state index contributed by atoms with van der Waals surface area (Å²) in [4.78, 5) is 23.3. The van der Waals surface area contributed by atoms with Gasteiger partial charge in [0.2, 0.25) is 0 Å². The average Bonchev–Trinajstić information content (AvgIpc) is 2.60. The standard InChI is InChI=1S/C20H18FNO3/c1-22-18-10-16(21)9-15-8-14(19(23)11-17(15)18)7-4-12-2-5-13(6-3-12)20(24)25/h2-3,5-6,8-10,22H,4,7,11H2,1H3,(H,24,25). The molecule has 0 saturated heterocycles. The van der Waals surface area contributed by atoms with Crippen LogP contribution >= 0.6 is 0 Å². The van der Waals surface area contributed by atoms with Gasteiger partial charge in [-0.3, -0.25) is 4.79 Å². The summed E-state index contributed by atoms with van der Waals surface area (Å²) < 4.78 is 13.7. The lowest BCUT2D eigenvalue weighted by atomic mass is 9.87. The Labute approximate surface area is 145 Å². The maximum absolute atomic E-state index is 13.7. The van der Waals surface area contributed by atoms with Gasteiger partial charge in [-0.15, -0.1) is 0 Å². The molecule has 3 rings (SSSR count). The monoisotopic (exact) mass is 339 g/mol. The highest BCUT2D eigenvalue weighted by Crippen LogP contribution is 2.30. The topological polar surface area (TPSA) is 66.4 Å². The number of rotatable bonds is 5. The third-order valence-electron chi connectivity index (χ3n) is 4.43.